The highest BCUT2D eigenvalue weighted by molar-refractivity contribution is 7.99. The van der Waals surface area contributed by atoms with Gasteiger partial charge in [-0.25, -0.2) is 5.10 Å². The number of hydrogen-bond donors (Lipinski definition) is 4. The van der Waals surface area contributed by atoms with Crippen molar-refractivity contribution >= 4 is 35.0 Å². The van der Waals surface area contributed by atoms with Gasteiger partial charge in [0.05, 0.1) is 16.2 Å². The number of H-pyrrole nitrogens is 1. The standard InChI is InChI=1S/C14H16F3N7O3S/c15-14(16,17)8-2-3-9(10(6-8)24(26)27)19-4-1-5-20-11(25)7-28-13-21-12(18)22-23-13/h2-3,6,19H,1,4-5,7H2,(H,20,25)(H3,18,21,22,23). The molecule has 0 atom stereocenters. The summed E-state index contributed by atoms with van der Waals surface area (Å²) in [5.41, 5.74) is 3.57. The van der Waals surface area contributed by atoms with E-state index in [0.717, 1.165) is 23.9 Å². The van der Waals surface area contributed by atoms with E-state index in [1.54, 1.807) is 0 Å². The van der Waals surface area contributed by atoms with Gasteiger partial charge in [0.1, 0.15) is 5.69 Å². The monoisotopic (exact) mass is 419 g/mol. The van der Waals surface area contributed by atoms with Crippen LogP contribution < -0.4 is 16.4 Å². The van der Waals surface area contributed by atoms with E-state index >= 15 is 0 Å². The smallest absolute Gasteiger partial charge is 0.379 e. The highest BCUT2D eigenvalue weighted by Crippen LogP contribution is 2.34. The lowest BCUT2D eigenvalue weighted by molar-refractivity contribution is -0.384. The van der Waals surface area contributed by atoms with Crippen LogP contribution >= 0.6 is 11.8 Å². The Kier molecular flexibility index (Phi) is 7.03. The molecule has 0 saturated heterocycles. The van der Waals surface area contributed by atoms with Crippen molar-refractivity contribution in [2.75, 3.05) is 29.9 Å². The van der Waals surface area contributed by atoms with Gasteiger partial charge in [0.15, 0.2) is 0 Å². The zero-order chi connectivity index (χ0) is 20.7. The number of alkyl halides is 3. The van der Waals surface area contributed by atoms with Gasteiger partial charge < -0.3 is 16.4 Å². The molecule has 10 nitrogen and oxygen atoms in total. The minimum atomic E-state index is -4.66. The van der Waals surface area contributed by atoms with Crippen LogP contribution in [-0.2, 0) is 11.0 Å². The normalized spacial score (nSPS) is 11.2. The van der Waals surface area contributed by atoms with Gasteiger partial charge >= 0.3 is 6.18 Å². The number of amides is 1. The third-order valence-electron chi connectivity index (χ3n) is 3.33. The van der Waals surface area contributed by atoms with E-state index in [9.17, 15) is 28.1 Å². The molecule has 0 aliphatic carbocycles. The molecule has 1 amide bonds. The van der Waals surface area contributed by atoms with E-state index in [4.69, 9.17) is 5.73 Å². The maximum atomic E-state index is 12.7. The SMILES string of the molecule is Nc1nc(SCC(=O)NCCCNc2ccc(C(F)(F)F)cc2[N+](=O)[O-])n[nH]1. The number of nitrogens with zero attached hydrogens (tertiary/aromatic N) is 3. The number of thioether (sulfide) groups is 1. The summed E-state index contributed by atoms with van der Waals surface area (Å²) in [4.78, 5) is 25.6. The summed E-state index contributed by atoms with van der Waals surface area (Å²) in [6.07, 6.45) is -4.26. The summed E-state index contributed by atoms with van der Waals surface area (Å²) in [5, 5.41) is 22.9. The fraction of sp³-hybridized carbons (Fsp3) is 0.357. The summed E-state index contributed by atoms with van der Waals surface area (Å²) in [6.45, 7) is 0.494. The molecule has 0 unspecified atom stereocenters. The summed E-state index contributed by atoms with van der Waals surface area (Å²) in [5.74, 6) is -0.0463. The number of anilines is 2. The number of aromatic amines is 1. The van der Waals surface area contributed by atoms with Gasteiger partial charge in [0.2, 0.25) is 17.0 Å². The van der Waals surface area contributed by atoms with Crippen LogP contribution in [0.4, 0.5) is 30.5 Å². The Hall–Kier alpha value is -3.03. The molecular weight excluding hydrogens is 403 g/mol. The topological polar surface area (TPSA) is 152 Å². The van der Waals surface area contributed by atoms with E-state index in [-0.39, 0.29) is 36.4 Å². The molecule has 0 saturated carbocycles. The fourth-order valence-electron chi connectivity index (χ4n) is 2.05. The first-order valence-electron chi connectivity index (χ1n) is 7.83. The molecule has 28 heavy (non-hydrogen) atoms. The predicted molar refractivity (Wildman–Crippen MR) is 95.7 cm³/mol. The number of nitrogens with two attached hydrogens (primary N) is 1. The number of nitro benzene ring substituents is 1. The number of nitrogens with one attached hydrogen (secondary N) is 3. The molecule has 0 fully saturated rings. The Morgan fingerprint density at radius 3 is 2.71 bits per heavy atom. The number of nitro groups is 1. The average Bonchev–Trinajstić information content (AvgIpc) is 3.04. The second-order valence-corrected chi connectivity index (χ2v) is 6.35. The molecule has 0 bridgehead atoms. The molecule has 0 aliphatic heterocycles. The number of aromatic nitrogens is 3. The first-order valence-corrected chi connectivity index (χ1v) is 8.82. The Bertz CT molecular complexity index is 844. The Labute approximate surface area is 160 Å². The van der Waals surface area contributed by atoms with E-state index in [2.05, 4.69) is 25.8 Å². The number of halogens is 3. The Morgan fingerprint density at radius 2 is 2.11 bits per heavy atom. The van der Waals surface area contributed by atoms with Crippen molar-refractivity contribution in [1.29, 1.82) is 0 Å². The van der Waals surface area contributed by atoms with Crippen molar-refractivity contribution in [3.8, 4) is 0 Å². The quantitative estimate of drug-likeness (QED) is 0.208. The summed E-state index contributed by atoms with van der Waals surface area (Å²) < 4.78 is 38.0. The molecule has 0 spiro atoms. The van der Waals surface area contributed by atoms with Crippen molar-refractivity contribution in [3.63, 3.8) is 0 Å². The molecule has 152 valence electrons. The van der Waals surface area contributed by atoms with Crippen molar-refractivity contribution in [2.45, 2.75) is 17.8 Å². The largest absolute Gasteiger partial charge is 0.416 e. The van der Waals surface area contributed by atoms with Crippen molar-refractivity contribution in [3.05, 3.63) is 33.9 Å². The van der Waals surface area contributed by atoms with Gasteiger partial charge in [-0.15, -0.1) is 5.10 Å². The molecule has 14 heteroatoms. The third kappa shape index (κ3) is 6.29. The molecule has 1 aromatic carbocycles. The summed E-state index contributed by atoms with van der Waals surface area (Å²) in [6, 6.07) is 2.26. The summed E-state index contributed by atoms with van der Waals surface area (Å²) in [7, 11) is 0. The average molecular weight is 419 g/mol. The molecule has 1 aromatic heterocycles. The number of carbonyl (C=O) groups excluding carboxylic acids is 1. The fourth-order valence-corrected chi connectivity index (χ4v) is 2.69. The molecule has 5 N–H and O–H groups in total. The van der Waals surface area contributed by atoms with Crippen LogP contribution in [0, 0.1) is 10.1 Å². The van der Waals surface area contributed by atoms with E-state index in [1.807, 2.05) is 0 Å². The minimum absolute atomic E-state index is 0.0259. The first-order chi connectivity index (χ1) is 13.2. The number of benzene rings is 1. The maximum Gasteiger partial charge on any atom is 0.416 e. The number of nitrogen functional groups attached to an aromatic ring is 1. The molecular formula is C14H16F3N7O3S. The van der Waals surface area contributed by atoms with Gasteiger partial charge in [0.25, 0.3) is 5.69 Å². The van der Waals surface area contributed by atoms with Crippen LogP contribution in [0.2, 0.25) is 0 Å². The lowest BCUT2D eigenvalue weighted by atomic mass is 10.1. The lowest BCUT2D eigenvalue weighted by Gasteiger charge is -2.11. The van der Waals surface area contributed by atoms with Crippen molar-refractivity contribution in [2.24, 2.45) is 0 Å². The lowest BCUT2D eigenvalue weighted by Crippen LogP contribution is -2.27. The van der Waals surface area contributed by atoms with Crippen molar-refractivity contribution in [1.82, 2.24) is 20.5 Å². The zero-order valence-electron chi connectivity index (χ0n) is 14.2. The second kappa shape index (κ2) is 9.25. The Morgan fingerprint density at radius 1 is 1.36 bits per heavy atom. The van der Waals surface area contributed by atoms with Crippen LogP contribution in [0.3, 0.4) is 0 Å². The van der Waals surface area contributed by atoms with Crippen molar-refractivity contribution < 1.29 is 22.9 Å². The van der Waals surface area contributed by atoms with Crippen LogP contribution in [0.25, 0.3) is 0 Å². The first kappa shape index (κ1) is 21.3. The third-order valence-corrected chi connectivity index (χ3v) is 4.17. The zero-order valence-corrected chi connectivity index (χ0v) is 15.1. The Balaban J connectivity index is 1.75. The molecule has 0 aliphatic rings. The highest BCUT2D eigenvalue weighted by Gasteiger charge is 2.32. The summed E-state index contributed by atoms with van der Waals surface area (Å²) >= 11 is 1.09. The molecule has 0 radical (unpaired) electrons. The number of hydrogen-bond acceptors (Lipinski definition) is 8. The van der Waals surface area contributed by atoms with Crippen LogP contribution in [0.1, 0.15) is 12.0 Å². The highest BCUT2D eigenvalue weighted by atomic mass is 32.2. The van der Waals surface area contributed by atoms with Crippen LogP contribution in [0.5, 0.6) is 0 Å². The van der Waals surface area contributed by atoms with Crippen LogP contribution in [-0.4, -0.2) is 44.9 Å². The molecule has 2 aromatic rings. The van der Waals surface area contributed by atoms with Gasteiger partial charge in [0, 0.05) is 19.2 Å². The second-order valence-electron chi connectivity index (χ2n) is 5.41. The van der Waals surface area contributed by atoms with E-state index < -0.39 is 22.4 Å². The number of carbonyl (C=O) groups is 1. The van der Waals surface area contributed by atoms with E-state index in [0.29, 0.717) is 17.6 Å². The molecule has 1 heterocycles. The van der Waals surface area contributed by atoms with E-state index in [1.165, 1.54) is 0 Å². The van der Waals surface area contributed by atoms with Gasteiger partial charge in [-0.1, -0.05) is 11.8 Å². The van der Waals surface area contributed by atoms with Gasteiger partial charge in [-0.05, 0) is 18.6 Å². The van der Waals surface area contributed by atoms with Crippen LogP contribution in [0.15, 0.2) is 23.4 Å². The predicted octanol–water partition coefficient (Wildman–Crippen LogP) is 2.02. The van der Waals surface area contributed by atoms with Gasteiger partial charge in [-0.2, -0.15) is 18.2 Å². The molecule has 2 rings (SSSR count). The van der Waals surface area contributed by atoms with Gasteiger partial charge in [-0.3, -0.25) is 14.9 Å². The minimum Gasteiger partial charge on any atom is -0.379 e. The number of rotatable bonds is 9. The maximum absolute atomic E-state index is 12.7.